The molecule has 0 heterocycles. The Balaban J connectivity index is 3.80. The molecule has 12 heavy (non-hydrogen) atoms. The lowest BCUT2D eigenvalue weighted by atomic mass is 9.93. The van der Waals surface area contributed by atoms with Crippen molar-refractivity contribution >= 4 is 10.0 Å². The van der Waals surface area contributed by atoms with Crippen molar-refractivity contribution in [2.45, 2.75) is 27.2 Å². The smallest absolute Gasteiger partial charge is 0.212 e. The maximum atomic E-state index is 10.9. The summed E-state index contributed by atoms with van der Waals surface area (Å²) in [6.45, 7) is 9.86. The van der Waals surface area contributed by atoms with Gasteiger partial charge in [0.05, 0.1) is 0 Å². The third-order valence-electron chi connectivity index (χ3n) is 1.40. The van der Waals surface area contributed by atoms with Gasteiger partial charge in [0.1, 0.15) is 0 Å². The van der Waals surface area contributed by atoms with Crippen LogP contribution in [0.4, 0.5) is 0 Å². The van der Waals surface area contributed by atoms with Crippen molar-refractivity contribution in [3.05, 3.63) is 12.0 Å². The first-order valence-electron chi connectivity index (χ1n) is 3.89. The van der Waals surface area contributed by atoms with Crippen LogP contribution in [0.25, 0.3) is 0 Å². The lowest BCUT2D eigenvalue weighted by molar-refractivity contribution is 0.378. The molecule has 0 aromatic heterocycles. The largest absolute Gasteiger partial charge is 0.233 e. The van der Waals surface area contributed by atoms with Gasteiger partial charge in [-0.15, -0.1) is 0 Å². The van der Waals surface area contributed by atoms with E-state index in [9.17, 15) is 8.42 Å². The molecule has 72 valence electrons. The molecule has 0 saturated heterocycles. The molecule has 0 aromatic rings. The summed E-state index contributed by atoms with van der Waals surface area (Å²) in [5.41, 5.74) is 0.156. The highest BCUT2D eigenvalue weighted by molar-refractivity contribution is 7.92. The summed E-state index contributed by atoms with van der Waals surface area (Å²) in [6.07, 6.45) is 0.820. The summed E-state index contributed by atoms with van der Waals surface area (Å²) in [6, 6.07) is 0. The molecule has 0 unspecified atom stereocenters. The van der Waals surface area contributed by atoms with Crippen molar-refractivity contribution in [3.8, 4) is 0 Å². The Morgan fingerprint density at radius 2 is 1.92 bits per heavy atom. The monoisotopic (exact) mass is 191 g/mol. The lowest BCUT2D eigenvalue weighted by Gasteiger charge is -2.17. The van der Waals surface area contributed by atoms with Crippen LogP contribution in [-0.4, -0.2) is 15.0 Å². The van der Waals surface area contributed by atoms with E-state index in [1.807, 2.05) is 0 Å². The summed E-state index contributed by atoms with van der Waals surface area (Å²) in [7, 11) is -3.23. The molecule has 0 rings (SSSR count). The Morgan fingerprint density at radius 1 is 1.42 bits per heavy atom. The van der Waals surface area contributed by atoms with Gasteiger partial charge in [-0.05, 0) is 11.8 Å². The van der Waals surface area contributed by atoms with Crippen LogP contribution in [0.2, 0.25) is 0 Å². The molecule has 0 radical (unpaired) electrons. The zero-order valence-electron chi connectivity index (χ0n) is 7.92. The van der Waals surface area contributed by atoms with Gasteiger partial charge in [0.15, 0.2) is 0 Å². The molecule has 0 bridgehead atoms. The van der Waals surface area contributed by atoms with Crippen LogP contribution in [0, 0.1) is 5.41 Å². The van der Waals surface area contributed by atoms with Gasteiger partial charge in [-0.3, -0.25) is 0 Å². The number of nitrogens with one attached hydrogen (secondary N) is 1. The van der Waals surface area contributed by atoms with Crippen molar-refractivity contribution in [1.82, 2.24) is 4.72 Å². The summed E-state index contributed by atoms with van der Waals surface area (Å²) in [5.74, 6) is 0. The summed E-state index contributed by atoms with van der Waals surface area (Å²) < 4.78 is 24.1. The number of hydrogen-bond donors (Lipinski definition) is 1. The second-order valence-corrected chi connectivity index (χ2v) is 5.63. The first-order chi connectivity index (χ1) is 5.27. The number of sulfonamides is 1. The van der Waals surface area contributed by atoms with Gasteiger partial charge in [-0.25, -0.2) is 13.1 Å². The van der Waals surface area contributed by atoms with Crippen molar-refractivity contribution in [2.75, 3.05) is 6.54 Å². The first-order valence-corrected chi connectivity index (χ1v) is 5.43. The molecular formula is C8H17NO2S. The summed E-state index contributed by atoms with van der Waals surface area (Å²) in [5, 5.41) is 0.926. The highest BCUT2D eigenvalue weighted by atomic mass is 32.2. The molecule has 0 aliphatic rings. The molecule has 0 aliphatic heterocycles. The van der Waals surface area contributed by atoms with E-state index in [1.54, 1.807) is 0 Å². The Bertz CT molecular complexity index is 236. The molecule has 0 spiro atoms. The van der Waals surface area contributed by atoms with E-state index in [0.717, 1.165) is 11.8 Å². The lowest BCUT2D eigenvalue weighted by Crippen LogP contribution is -2.25. The van der Waals surface area contributed by atoms with E-state index < -0.39 is 10.0 Å². The molecular weight excluding hydrogens is 174 g/mol. The molecule has 3 nitrogen and oxygen atoms in total. The topological polar surface area (TPSA) is 46.2 Å². The Labute approximate surface area is 74.9 Å². The minimum absolute atomic E-state index is 0.156. The average molecular weight is 191 g/mol. The fraction of sp³-hybridized carbons (Fsp3) is 0.750. The van der Waals surface area contributed by atoms with Crippen molar-refractivity contribution in [3.63, 3.8) is 0 Å². The SMILES string of the molecule is C=CS(=O)(=O)NCCC(C)(C)C. The van der Waals surface area contributed by atoms with Crippen LogP contribution in [0.5, 0.6) is 0 Å². The minimum Gasteiger partial charge on any atom is -0.212 e. The van der Waals surface area contributed by atoms with Gasteiger partial charge in [0.25, 0.3) is 0 Å². The van der Waals surface area contributed by atoms with Crippen LogP contribution >= 0.6 is 0 Å². The highest BCUT2D eigenvalue weighted by Gasteiger charge is 2.11. The fourth-order valence-corrected chi connectivity index (χ4v) is 1.13. The molecule has 0 aromatic carbocycles. The van der Waals surface area contributed by atoms with Crippen molar-refractivity contribution in [1.29, 1.82) is 0 Å². The average Bonchev–Trinajstić information content (AvgIpc) is 1.84. The van der Waals surface area contributed by atoms with E-state index >= 15 is 0 Å². The predicted octanol–water partition coefficient (Wildman–Crippen LogP) is 1.49. The Kier molecular flexibility index (Phi) is 3.93. The van der Waals surface area contributed by atoms with E-state index in [2.05, 4.69) is 32.1 Å². The number of rotatable bonds is 4. The standard InChI is InChI=1S/C8H17NO2S/c1-5-12(10,11)9-7-6-8(2,3)4/h5,9H,1,6-7H2,2-4H3. The van der Waals surface area contributed by atoms with Gasteiger partial charge in [-0.1, -0.05) is 27.4 Å². The van der Waals surface area contributed by atoms with Crippen LogP contribution in [0.1, 0.15) is 27.2 Å². The van der Waals surface area contributed by atoms with Crippen molar-refractivity contribution in [2.24, 2.45) is 5.41 Å². The van der Waals surface area contributed by atoms with Crippen LogP contribution in [0.3, 0.4) is 0 Å². The zero-order chi connectivity index (χ0) is 9.83. The van der Waals surface area contributed by atoms with E-state index in [4.69, 9.17) is 0 Å². The fourth-order valence-electron chi connectivity index (χ4n) is 0.627. The second-order valence-electron chi connectivity index (χ2n) is 3.92. The van der Waals surface area contributed by atoms with E-state index in [-0.39, 0.29) is 5.41 Å². The normalized spacial score (nSPS) is 12.9. The van der Waals surface area contributed by atoms with Crippen LogP contribution < -0.4 is 4.72 Å². The second kappa shape index (κ2) is 4.05. The zero-order valence-corrected chi connectivity index (χ0v) is 8.74. The minimum atomic E-state index is -3.23. The highest BCUT2D eigenvalue weighted by Crippen LogP contribution is 2.17. The molecule has 0 atom stereocenters. The van der Waals surface area contributed by atoms with Gasteiger partial charge in [0.2, 0.25) is 10.0 Å². The summed E-state index contributed by atoms with van der Waals surface area (Å²) >= 11 is 0. The Hall–Kier alpha value is -0.350. The predicted molar refractivity (Wildman–Crippen MR) is 51.2 cm³/mol. The quantitative estimate of drug-likeness (QED) is 0.731. The molecule has 4 heteroatoms. The van der Waals surface area contributed by atoms with Gasteiger partial charge >= 0.3 is 0 Å². The first kappa shape index (κ1) is 11.6. The maximum absolute atomic E-state index is 10.9. The third kappa shape index (κ3) is 6.37. The Morgan fingerprint density at radius 3 is 2.25 bits per heavy atom. The van der Waals surface area contributed by atoms with Gasteiger partial charge < -0.3 is 0 Å². The van der Waals surface area contributed by atoms with Crippen LogP contribution in [-0.2, 0) is 10.0 Å². The van der Waals surface area contributed by atoms with Gasteiger partial charge in [0, 0.05) is 12.0 Å². The molecule has 0 fully saturated rings. The third-order valence-corrected chi connectivity index (χ3v) is 2.44. The van der Waals surface area contributed by atoms with Crippen LogP contribution in [0.15, 0.2) is 12.0 Å². The molecule has 0 saturated carbocycles. The molecule has 0 amide bonds. The summed E-state index contributed by atoms with van der Waals surface area (Å²) in [4.78, 5) is 0. The molecule has 0 aliphatic carbocycles. The van der Waals surface area contributed by atoms with Gasteiger partial charge in [-0.2, -0.15) is 0 Å². The maximum Gasteiger partial charge on any atom is 0.233 e. The van der Waals surface area contributed by atoms with Crippen molar-refractivity contribution < 1.29 is 8.42 Å². The number of hydrogen-bond acceptors (Lipinski definition) is 2. The molecule has 1 N–H and O–H groups in total. The van der Waals surface area contributed by atoms with E-state index in [0.29, 0.717) is 6.54 Å². The van der Waals surface area contributed by atoms with E-state index in [1.165, 1.54) is 0 Å².